The fraction of sp³-hybridized carbons (Fsp3) is 0.304. The molecule has 0 spiro atoms. The van der Waals surface area contributed by atoms with E-state index in [4.69, 9.17) is 4.74 Å². The number of thiophene rings is 2. The van der Waals surface area contributed by atoms with Gasteiger partial charge in [-0.2, -0.15) is 5.26 Å². The molecule has 1 N–H and O–H groups in total. The maximum absolute atomic E-state index is 12.8. The largest absolute Gasteiger partial charge is 0.462 e. The standard InChI is InChI=1S/C23H21N3O3S3/c1-3-29-23(28)20-14-6-4-7-18(14)32-22(20)26-19(27)12-31-21-16(11-24)15(10-13(2)25-21)17-8-5-9-30-17/h5,8-10H,3-4,6-7,12H2,1-2H3,(H,26,27). The fourth-order valence-electron chi connectivity index (χ4n) is 3.69. The molecule has 1 amide bonds. The maximum Gasteiger partial charge on any atom is 0.341 e. The third-order valence-electron chi connectivity index (χ3n) is 5.01. The molecule has 32 heavy (non-hydrogen) atoms. The first-order valence-electron chi connectivity index (χ1n) is 10.2. The van der Waals surface area contributed by atoms with E-state index < -0.39 is 0 Å². The molecule has 0 bridgehead atoms. The molecule has 0 atom stereocenters. The number of esters is 1. The molecule has 0 fully saturated rings. The lowest BCUT2D eigenvalue weighted by Gasteiger charge is -2.10. The van der Waals surface area contributed by atoms with Crippen LogP contribution in [0.15, 0.2) is 28.6 Å². The first-order valence-corrected chi connectivity index (χ1v) is 12.9. The molecule has 0 saturated carbocycles. The summed E-state index contributed by atoms with van der Waals surface area (Å²) in [7, 11) is 0. The molecule has 0 saturated heterocycles. The minimum atomic E-state index is -0.387. The molecule has 3 aromatic heterocycles. The van der Waals surface area contributed by atoms with Gasteiger partial charge in [-0.25, -0.2) is 9.78 Å². The number of nitrogens with zero attached hydrogens (tertiary/aromatic N) is 2. The van der Waals surface area contributed by atoms with Gasteiger partial charge in [0.1, 0.15) is 16.1 Å². The monoisotopic (exact) mass is 483 g/mol. The van der Waals surface area contributed by atoms with Gasteiger partial charge in [-0.3, -0.25) is 4.79 Å². The van der Waals surface area contributed by atoms with Crippen LogP contribution in [0.3, 0.4) is 0 Å². The highest BCUT2D eigenvalue weighted by molar-refractivity contribution is 8.00. The average molecular weight is 484 g/mol. The summed E-state index contributed by atoms with van der Waals surface area (Å²) in [5, 5.41) is 15.7. The molecule has 3 aromatic rings. The normalized spacial score (nSPS) is 12.3. The van der Waals surface area contributed by atoms with Crippen molar-refractivity contribution in [3.8, 4) is 16.5 Å². The van der Waals surface area contributed by atoms with Gasteiger partial charge in [-0.05, 0) is 56.2 Å². The number of hydrogen-bond acceptors (Lipinski definition) is 8. The Labute approximate surface area is 198 Å². The summed E-state index contributed by atoms with van der Waals surface area (Å²) in [5.41, 5.74) is 3.59. The first-order chi connectivity index (χ1) is 15.5. The van der Waals surface area contributed by atoms with Crippen molar-refractivity contribution in [1.29, 1.82) is 5.26 Å². The van der Waals surface area contributed by atoms with Gasteiger partial charge in [-0.15, -0.1) is 22.7 Å². The van der Waals surface area contributed by atoms with E-state index in [-0.39, 0.29) is 24.2 Å². The number of thioether (sulfide) groups is 1. The smallest absolute Gasteiger partial charge is 0.341 e. The number of anilines is 1. The van der Waals surface area contributed by atoms with E-state index in [1.54, 1.807) is 18.3 Å². The van der Waals surface area contributed by atoms with Crippen LogP contribution in [-0.2, 0) is 22.4 Å². The lowest BCUT2D eigenvalue weighted by molar-refractivity contribution is -0.113. The van der Waals surface area contributed by atoms with E-state index in [1.807, 2.05) is 30.5 Å². The van der Waals surface area contributed by atoms with E-state index in [9.17, 15) is 14.9 Å². The van der Waals surface area contributed by atoms with Crippen LogP contribution in [0.25, 0.3) is 10.4 Å². The molecule has 1 aliphatic carbocycles. The second-order valence-electron chi connectivity index (χ2n) is 7.20. The van der Waals surface area contributed by atoms with E-state index in [0.717, 1.165) is 45.8 Å². The van der Waals surface area contributed by atoms with Crippen LogP contribution in [-0.4, -0.2) is 29.2 Å². The summed E-state index contributed by atoms with van der Waals surface area (Å²) < 4.78 is 5.22. The summed E-state index contributed by atoms with van der Waals surface area (Å²) in [4.78, 5) is 31.9. The van der Waals surface area contributed by atoms with Gasteiger partial charge in [0.2, 0.25) is 5.91 Å². The van der Waals surface area contributed by atoms with Gasteiger partial charge in [0.15, 0.2) is 0 Å². The second-order valence-corrected chi connectivity index (χ2v) is 10.2. The molecular weight excluding hydrogens is 462 g/mol. The van der Waals surface area contributed by atoms with Gasteiger partial charge < -0.3 is 10.1 Å². The Morgan fingerprint density at radius 3 is 2.94 bits per heavy atom. The van der Waals surface area contributed by atoms with Crippen molar-refractivity contribution in [2.45, 2.75) is 38.1 Å². The Morgan fingerprint density at radius 2 is 2.22 bits per heavy atom. The number of pyridine rings is 1. The summed E-state index contributed by atoms with van der Waals surface area (Å²) in [6.45, 7) is 3.93. The number of hydrogen-bond donors (Lipinski definition) is 1. The second kappa shape index (κ2) is 9.86. The van der Waals surface area contributed by atoms with Crippen LogP contribution in [0, 0.1) is 18.3 Å². The summed E-state index contributed by atoms with van der Waals surface area (Å²) >= 11 is 4.24. The predicted octanol–water partition coefficient (Wildman–Crippen LogP) is 5.45. The zero-order valence-corrected chi connectivity index (χ0v) is 20.1. The van der Waals surface area contributed by atoms with Crippen LogP contribution in [0.5, 0.6) is 0 Å². The van der Waals surface area contributed by atoms with E-state index in [0.29, 0.717) is 21.2 Å². The molecule has 3 heterocycles. The summed E-state index contributed by atoms with van der Waals surface area (Å²) in [6, 6.07) is 8.05. The number of carbonyl (C=O) groups excluding carboxylic acids is 2. The lowest BCUT2D eigenvalue weighted by Crippen LogP contribution is -2.17. The number of aryl methyl sites for hydroxylation is 2. The Bertz CT molecular complexity index is 1210. The quantitative estimate of drug-likeness (QED) is 0.355. The van der Waals surface area contributed by atoms with Gasteiger partial charge in [0, 0.05) is 21.0 Å². The van der Waals surface area contributed by atoms with Crippen LogP contribution in [0.4, 0.5) is 5.00 Å². The SMILES string of the molecule is CCOC(=O)c1c(NC(=O)CSc2nc(C)cc(-c3cccs3)c2C#N)sc2c1CCC2. The maximum atomic E-state index is 12.8. The number of amides is 1. The topological polar surface area (TPSA) is 92.1 Å². The van der Waals surface area contributed by atoms with Gasteiger partial charge in [-0.1, -0.05) is 17.8 Å². The van der Waals surface area contributed by atoms with Crippen molar-refractivity contribution in [1.82, 2.24) is 4.98 Å². The Kier molecular flexibility index (Phi) is 6.94. The van der Waals surface area contributed by atoms with Crippen molar-refractivity contribution >= 4 is 51.3 Å². The number of nitrogens with one attached hydrogen (secondary N) is 1. The van der Waals surface area contributed by atoms with Crippen molar-refractivity contribution in [3.05, 3.63) is 50.8 Å². The first kappa shape index (κ1) is 22.5. The van der Waals surface area contributed by atoms with Gasteiger partial charge in [0.25, 0.3) is 0 Å². The fourth-order valence-corrected chi connectivity index (χ4v) is 6.58. The van der Waals surface area contributed by atoms with Crippen LogP contribution < -0.4 is 5.32 Å². The number of fused-ring (bicyclic) bond motifs is 1. The lowest BCUT2D eigenvalue weighted by atomic mass is 10.1. The molecule has 0 aromatic carbocycles. The summed E-state index contributed by atoms with van der Waals surface area (Å²) in [6.07, 6.45) is 2.76. The highest BCUT2D eigenvalue weighted by Crippen LogP contribution is 2.40. The number of aromatic nitrogens is 1. The minimum Gasteiger partial charge on any atom is -0.462 e. The van der Waals surface area contributed by atoms with Crippen LogP contribution in [0.2, 0.25) is 0 Å². The third-order valence-corrected chi connectivity index (χ3v) is 8.09. The van der Waals surface area contributed by atoms with Crippen molar-refractivity contribution in [2.75, 3.05) is 17.7 Å². The molecular formula is C23H21N3O3S3. The zero-order chi connectivity index (χ0) is 22.7. The van der Waals surface area contributed by atoms with E-state index >= 15 is 0 Å². The van der Waals surface area contributed by atoms with Crippen molar-refractivity contribution < 1.29 is 14.3 Å². The molecule has 164 valence electrons. The van der Waals surface area contributed by atoms with Gasteiger partial charge >= 0.3 is 5.97 Å². The molecule has 1 aliphatic rings. The Balaban J connectivity index is 1.53. The van der Waals surface area contributed by atoms with E-state index in [2.05, 4.69) is 16.4 Å². The van der Waals surface area contributed by atoms with Crippen LogP contribution in [0.1, 0.15) is 45.4 Å². The Hall–Kier alpha value is -2.67. The number of nitriles is 1. The molecule has 0 aliphatic heterocycles. The number of rotatable bonds is 7. The van der Waals surface area contributed by atoms with Crippen molar-refractivity contribution in [2.24, 2.45) is 0 Å². The molecule has 9 heteroatoms. The minimum absolute atomic E-state index is 0.0832. The molecule has 0 unspecified atom stereocenters. The number of carbonyl (C=O) groups is 2. The Morgan fingerprint density at radius 1 is 1.38 bits per heavy atom. The van der Waals surface area contributed by atoms with E-state index in [1.165, 1.54) is 23.1 Å². The molecule has 0 radical (unpaired) electrons. The predicted molar refractivity (Wildman–Crippen MR) is 129 cm³/mol. The average Bonchev–Trinajstić information content (AvgIpc) is 3.49. The highest BCUT2D eigenvalue weighted by Gasteiger charge is 2.28. The number of ether oxygens (including phenoxy) is 1. The third kappa shape index (κ3) is 4.58. The zero-order valence-electron chi connectivity index (χ0n) is 17.7. The van der Waals surface area contributed by atoms with Crippen molar-refractivity contribution in [3.63, 3.8) is 0 Å². The van der Waals surface area contributed by atoms with Crippen LogP contribution >= 0.6 is 34.4 Å². The summed E-state index contributed by atoms with van der Waals surface area (Å²) in [5.74, 6) is -0.548. The molecule has 4 rings (SSSR count). The highest BCUT2D eigenvalue weighted by atomic mass is 32.2. The molecule has 6 nitrogen and oxygen atoms in total. The van der Waals surface area contributed by atoms with Gasteiger partial charge in [0.05, 0.1) is 23.5 Å².